The average Bonchev–Trinajstić information content (AvgIpc) is 2.64. The van der Waals surface area contributed by atoms with Gasteiger partial charge in [-0.25, -0.2) is 0 Å². The smallest absolute Gasteiger partial charge is 0.252 e. The summed E-state index contributed by atoms with van der Waals surface area (Å²) >= 11 is 1.41. The maximum atomic E-state index is 11.2. The van der Waals surface area contributed by atoms with Crippen molar-refractivity contribution in [1.29, 1.82) is 0 Å². The van der Waals surface area contributed by atoms with E-state index in [0.717, 1.165) is 10.1 Å². The molecule has 1 amide bonds. The standard InChI is InChI=1S/C10H10N2O2S/c1-6(13)10(14)12-8-2-3-9-7(4-8)5-11-15-9/h2-6,13H,1H3,(H,12,14). The summed E-state index contributed by atoms with van der Waals surface area (Å²) in [4.78, 5) is 11.2. The molecule has 2 rings (SSSR count). The highest BCUT2D eigenvalue weighted by Crippen LogP contribution is 2.21. The first-order valence-corrected chi connectivity index (χ1v) is 5.27. The van der Waals surface area contributed by atoms with Crippen molar-refractivity contribution in [2.45, 2.75) is 13.0 Å². The lowest BCUT2D eigenvalue weighted by Gasteiger charge is -2.06. The van der Waals surface area contributed by atoms with Crippen LogP contribution >= 0.6 is 11.5 Å². The minimum absolute atomic E-state index is 0.405. The molecule has 2 aromatic rings. The molecular formula is C10H10N2O2S. The van der Waals surface area contributed by atoms with Crippen molar-refractivity contribution in [2.75, 3.05) is 5.32 Å². The number of fused-ring (bicyclic) bond motifs is 1. The van der Waals surface area contributed by atoms with Crippen molar-refractivity contribution in [3.05, 3.63) is 24.4 Å². The molecule has 1 unspecified atom stereocenters. The molecule has 0 saturated heterocycles. The summed E-state index contributed by atoms with van der Waals surface area (Å²) in [5.74, 6) is -0.405. The van der Waals surface area contributed by atoms with Crippen LogP contribution in [0.2, 0.25) is 0 Å². The fraction of sp³-hybridized carbons (Fsp3) is 0.200. The summed E-state index contributed by atoms with van der Waals surface area (Å²) in [6.45, 7) is 1.43. The zero-order valence-electron chi connectivity index (χ0n) is 8.10. The predicted octanol–water partition coefficient (Wildman–Crippen LogP) is 1.62. The second-order valence-electron chi connectivity index (χ2n) is 3.24. The third kappa shape index (κ3) is 2.14. The molecule has 4 nitrogen and oxygen atoms in total. The highest BCUT2D eigenvalue weighted by atomic mass is 32.1. The summed E-state index contributed by atoms with van der Waals surface area (Å²) in [5, 5.41) is 12.6. The molecule has 5 heteroatoms. The van der Waals surface area contributed by atoms with Crippen LogP contribution in [0.25, 0.3) is 10.1 Å². The Bertz CT molecular complexity index is 493. The van der Waals surface area contributed by atoms with Crippen molar-refractivity contribution in [1.82, 2.24) is 4.37 Å². The number of benzene rings is 1. The Balaban J connectivity index is 2.25. The molecule has 2 N–H and O–H groups in total. The molecule has 78 valence electrons. The number of carbonyl (C=O) groups is 1. The lowest BCUT2D eigenvalue weighted by molar-refractivity contribution is -0.123. The van der Waals surface area contributed by atoms with Gasteiger partial charge in [0.25, 0.3) is 5.91 Å². The zero-order valence-corrected chi connectivity index (χ0v) is 8.91. The minimum atomic E-state index is -0.999. The molecule has 0 aliphatic heterocycles. The van der Waals surface area contributed by atoms with E-state index >= 15 is 0 Å². The van der Waals surface area contributed by atoms with Crippen LogP contribution in [0.1, 0.15) is 6.92 Å². The molecule has 1 heterocycles. The Morgan fingerprint density at radius 3 is 3.13 bits per heavy atom. The predicted molar refractivity (Wildman–Crippen MR) is 59.9 cm³/mol. The van der Waals surface area contributed by atoms with Crippen molar-refractivity contribution in [3.63, 3.8) is 0 Å². The van der Waals surface area contributed by atoms with Gasteiger partial charge in [-0.3, -0.25) is 4.79 Å². The number of aromatic nitrogens is 1. The summed E-state index contributed by atoms with van der Waals surface area (Å²) in [7, 11) is 0. The molecule has 1 aromatic carbocycles. The molecule has 0 spiro atoms. The molecule has 0 radical (unpaired) electrons. The van der Waals surface area contributed by atoms with E-state index in [0.29, 0.717) is 5.69 Å². The fourth-order valence-electron chi connectivity index (χ4n) is 1.20. The van der Waals surface area contributed by atoms with E-state index in [1.165, 1.54) is 18.5 Å². The number of anilines is 1. The quantitative estimate of drug-likeness (QED) is 0.811. The van der Waals surface area contributed by atoms with Gasteiger partial charge in [0.05, 0.1) is 4.70 Å². The summed E-state index contributed by atoms with van der Waals surface area (Å²) in [6.07, 6.45) is 0.749. The third-order valence-corrected chi connectivity index (χ3v) is 2.78. The van der Waals surface area contributed by atoms with E-state index in [1.54, 1.807) is 12.3 Å². The van der Waals surface area contributed by atoms with Crippen LogP contribution in [-0.4, -0.2) is 21.5 Å². The van der Waals surface area contributed by atoms with Gasteiger partial charge in [0.2, 0.25) is 0 Å². The number of nitrogens with one attached hydrogen (secondary N) is 1. The molecule has 0 aliphatic rings. The zero-order chi connectivity index (χ0) is 10.8. The summed E-state index contributed by atoms with van der Waals surface area (Å²) in [6, 6.07) is 5.52. The number of aliphatic hydroxyl groups excluding tert-OH is 1. The number of hydrogen-bond acceptors (Lipinski definition) is 4. The van der Waals surface area contributed by atoms with Crippen molar-refractivity contribution >= 4 is 33.2 Å². The molecule has 15 heavy (non-hydrogen) atoms. The van der Waals surface area contributed by atoms with Crippen LogP contribution in [0.5, 0.6) is 0 Å². The van der Waals surface area contributed by atoms with Gasteiger partial charge < -0.3 is 10.4 Å². The topological polar surface area (TPSA) is 62.2 Å². The van der Waals surface area contributed by atoms with Gasteiger partial charge in [-0.2, -0.15) is 4.37 Å². The maximum Gasteiger partial charge on any atom is 0.252 e. The second-order valence-corrected chi connectivity index (χ2v) is 4.08. The average molecular weight is 222 g/mol. The summed E-state index contributed by atoms with van der Waals surface area (Å²) in [5.41, 5.74) is 0.675. The van der Waals surface area contributed by atoms with E-state index in [1.807, 2.05) is 12.1 Å². The van der Waals surface area contributed by atoms with Crippen LogP contribution < -0.4 is 5.32 Å². The highest BCUT2D eigenvalue weighted by Gasteiger charge is 2.08. The first-order valence-electron chi connectivity index (χ1n) is 4.50. The van der Waals surface area contributed by atoms with E-state index in [9.17, 15) is 4.79 Å². The van der Waals surface area contributed by atoms with Crippen LogP contribution in [-0.2, 0) is 4.79 Å². The second kappa shape index (κ2) is 3.96. The number of nitrogens with zero attached hydrogens (tertiary/aromatic N) is 1. The fourth-order valence-corrected chi connectivity index (χ4v) is 1.82. The minimum Gasteiger partial charge on any atom is -0.384 e. The molecular weight excluding hydrogens is 212 g/mol. The van der Waals surface area contributed by atoms with Crippen molar-refractivity contribution in [3.8, 4) is 0 Å². The van der Waals surface area contributed by atoms with Gasteiger partial charge >= 0.3 is 0 Å². The van der Waals surface area contributed by atoms with Crippen molar-refractivity contribution in [2.24, 2.45) is 0 Å². The van der Waals surface area contributed by atoms with E-state index < -0.39 is 12.0 Å². The van der Waals surface area contributed by atoms with Gasteiger partial charge in [0, 0.05) is 17.3 Å². The van der Waals surface area contributed by atoms with Gasteiger partial charge in [0.15, 0.2) is 0 Å². The molecule has 0 saturated carbocycles. The number of rotatable bonds is 2. The lowest BCUT2D eigenvalue weighted by Crippen LogP contribution is -2.24. The van der Waals surface area contributed by atoms with E-state index in [-0.39, 0.29) is 0 Å². The van der Waals surface area contributed by atoms with E-state index in [4.69, 9.17) is 5.11 Å². The Hall–Kier alpha value is -1.46. The first kappa shape index (κ1) is 10.1. The van der Waals surface area contributed by atoms with Gasteiger partial charge in [-0.1, -0.05) is 0 Å². The number of carbonyl (C=O) groups excluding carboxylic acids is 1. The van der Waals surface area contributed by atoms with Gasteiger partial charge in [-0.15, -0.1) is 0 Å². The van der Waals surface area contributed by atoms with Gasteiger partial charge in [0.1, 0.15) is 6.10 Å². The Kier molecular flexibility index (Phi) is 2.66. The molecule has 1 aromatic heterocycles. The van der Waals surface area contributed by atoms with Gasteiger partial charge in [-0.05, 0) is 36.7 Å². The SMILES string of the molecule is CC(O)C(=O)Nc1ccc2sncc2c1. The van der Waals surface area contributed by atoms with Crippen molar-refractivity contribution < 1.29 is 9.90 Å². The van der Waals surface area contributed by atoms with Crippen LogP contribution in [0.4, 0.5) is 5.69 Å². The van der Waals surface area contributed by atoms with Crippen LogP contribution in [0.15, 0.2) is 24.4 Å². The number of hydrogen-bond donors (Lipinski definition) is 2. The maximum absolute atomic E-state index is 11.2. The highest BCUT2D eigenvalue weighted by molar-refractivity contribution is 7.13. The van der Waals surface area contributed by atoms with E-state index in [2.05, 4.69) is 9.69 Å². The molecule has 0 aliphatic carbocycles. The normalized spacial score (nSPS) is 12.7. The Morgan fingerprint density at radius 2 is 2.40 bits per heavy atom. The molecule has 0 fully saturated rings. The molecule has 1 atom stereocenters. The molecule has 0 bridgehead atoms. The Morgan fingerprint density at radius 1 is 1.60 bits per heavy atom. The summed E-state index contributed by atoms with van der Waals surface area (Å²) < 4.78 is 5.11. The number of aliphatic hydroxyl groups is 1. The third-order valence-electron chi connectivity index (χ3n) is 2.00. The Labute approximate surface area is 90.7 Å². The monoisotopic (exact) mass is 222 g/mol. The van der Waals surface area contributed by atoms with Crippen LogP contribution in [0, 0.1) is 0 Å². The first-order chi connectivity index (χ1) is 7.16. The lowest BCUT2D eigenvalue weighted by atomic mass is 10.2. The van der Waals surface area contributed by atoms with Crippen LogP contribution in [0.3, 0.4) is 0 Å². The number of amides is 1. The largest absolute Gasteiger partial charge is 0.384 e.